The van der Waals surface area contributed by atoms with Gasteiger partial charge in [0.25, 0.3) is 11.6 Å². The van der Waals surface area contributed by atoms with Gasteiger partial charge < -0.3 is 5.32 Å². The van der Waals surface area contributed by atoms with E-state index in [0.717, 1.165) is 6.07 Å². The third-order valence-corrected chi connectivity index (χ3v) is 3.92. The predicted octanol–water partition coefficient (Wildman–Crippen LogP) is 3.89. The number of anilines is 1. The van der Waals surface area contributed by atoms with E-state index in [-0.39, 0.29) is 28.5 Å². The molecule has 0 saturated carbocycles. The Bertz CT molecular complexity index is 1110. The first-order valence-corrected chi connectivity index (χ1v) is 7.93. The van der Waals surface area contributed by atoms with Gasteiger partial charge in [-0.25, -0.2) is 9.07 Å². The Morgan fingerprint density at radius 1 is 1.21 bits per heavy atom. The minimum atomic E-state index is -4.92. The quantitative estimate of drug-likeness (QED) is 0.400. The maximum absolute atomic E-state index is 13.4. The number of amides is 1. The minimum absolute atomic E-state index is 0.196. The van der Waals surface area contributed by atoms with Crippen LogP contribution >= 0.6 is 0 Å². The van der Waals surface area contributed by atoms with Gasteiger partial charge in [0, 0.05) is 17.8 Å². The molecule has 1 heterocycles. The van der Waals surface area contributed by atoms with Gasteiger partial charge in [-0.2, -0.15) is 13.2 Å². The lowest BCUT2D eigenvalue weighted by atomic mass is 10.1. The lowest BCUT2D eigenvalue weighted by Gasteiger charge is -2.10. The molecule has 0 atom stereocenters. The first kappa shape index (κ1) is 19.9. The summed E-state index contributed by atoms with van der Waals surface area (Å²) in [6, 6.07) is 7.45. The summed E-state index contributed by atoms with van der Waals surface area (Å²) >= 11 is 0. The first-order valence-electron chi connectivity index (χ1n) is 7.93. The summed E-state index contributed by atoms with van der Waals surface area (Å²) in [6.07, 6.45) is -4.92. The summed E-state index contributed by atoms with van der Waals surface area (Å²) in [6.45, 7) is 1.46. The number of nitrogens with one attached hydrogen (secondary N) is 1. The van der Waals surface area contributed by atoms with Crippen LogP contribution in [-0.4, -0.2) is 25.8 Å². The molecule has 0 aliphatic heterocycles. The molecule has 0 bridgehead atoms. The lowest BCUT2D eigenvalue weighted by molar-refractivity contribution is -0.384. The van der Waals surface area contributed by atoms with Crippen LogP contribution in [0.15, 0.2) is 42.5 Å². The molecule has 8 nitrogen and oxygen atoms in total. The Balaban J connectivity index is 1.89. The topological polar surface area (TPSA) is 103 Å². The van der Waals surface area contributed by atoms with Crippen LogP contribution in [0.3, 0.4) is 0 Å². The number of alkyl halides is 3. The average molecular weight is 409 g/mol. The fourth-order valence-corrected chi connectivity index (χ4v) is 2.53. The van der Waals surface area contributed by atoms with E-state index in [1.807, 2.05) is 0 Å². The largest absolute Gasteiger partial charge is 0.419 e. The molecule has 0 radical (unpaired) electrons. The van der Waals surface area contributed by atoms with Crippen LogP contribution in [0, 0.1) is 22.9 Å². The molecule has 1 aromatic heterocycles. The van der Waals surface area contributed by atoms with Crippen molar-refractivity contribution in [2.24, 2.45) is 0 Å². The van der Waals surface area contributed by atoms with E-state index in [0.29, 0.717) is 12.1 Å². The maximum atomic E-state index is 13.4. The summed E-state index contributed by atoms with van der Waals surface area (Å²) < 4.78 is 53.0. The van der Waals surface area contributed by atoms with Crippen molar-refractivity contribution in [3.8, 4) is 5.69 Å². The van der Waals surface area contributed by atoms with E-state index in [1.165, 1.54) is 35.9 Å². The Morgan fingerprint density at radius 3 is 2.59 bits per heavy atom. The molecule has 1 amide bonds. The van der Waals surface area contributed by atoms with Crippen LogP contribution in [0.4, 0.5) is 28.9 Å². The second-order valence-corrected chi connectivity index (χ2v) is 5.86. The van der Waals surface area contributed by atoms with Gasteiger partial charge in [-0.3, -0.25) is 14.9 Å². The highest BCUT2D eigenvalue weighted by Gasteiger charge is 2.34. The summed E-state index contributed by atoms with van der Waals surface area (Å²) in [5.41, 5.74) is -1.75. The smallest absolute Gasteiger partial charge is 0.321 e. The van der Waals surface area contributed by atoms with Crippen LogP contribution in [0.25, 0.3) is 5.69 Å². The van der Waals surface area contributed by atoms with Crippen molar-refractivity contribution in [2.75, 3.05) is 5.32 Å². The van der Waals surface area contributed by atoms with Gasteiger partial charge in [-0.05, 0) is 31.2 Å². The molecule has 2 aromatic carbocycles. The fraction of sp³-hybridized carbons (Fsp3) is 0.118. The summed E-state index contributed by atoms with van der Waals surface area (Å²) in [5.74, 6) is -2.35. The summed E-state index contributed by atoms with van der Waals surface area (Å²) in [7, 11) is 0. The normalized spacial score (nSPS) is 11.3. The molecule has 1 N–H and O–H groups in total. The van der Waals surface area contributed by atoms with Gasteiger partial charge in [-0.15, -0.1) is 5.10 Å². The monoisotopic (exact) mass is 409 g/mol. The van der Waals surface area contributed by atoms with Crippen LogP contribution < -0.4 is 5.32 Å². The van der Waals surface area contributed by atoms with Crippen molar-refractivity contribution in [1.82, 2.24) is 15.0 Å². The van der Waals surface area contributed by atoms with Crippen molar-refractivity contribution < 1.29 is 27.3 Å². The van der Waals surface area contributed by atoms with Crippen LogP contribution in [0.5, 0.6) is 0 Å². The molecule has 0 saturated heterocycles. The third-order valence-electron chi connectivity index (χ3n) is 3.92. The number of nitro groups is 1. The van der Waals surface area contributed by atoms with E-state index < -0.39 is 28.4 Å². The molecule has 0 unspecified atom stereocenters. The summed E-state index contributed by atoms with van der Waals surface area (Å²) in [4.78, 5) is 22.7. The number of rotatable bonds is 4. The molecular weight excluding hydrogens is 398 g/mol. The number of hydrogen-bond donors (Lipinski definition) is 1. The highest BCUT2D eigenvalue weighted by Crippen LogP contribution is 2.33. The molecule has 3 aromatic rings. The van der Waals surface area contributed by atoms with E-state index in [2.05, 4.69) is 15.6 Å². The number of carbonyl (C=O) groups excluding carboxylic acids is 1. The summed E-state index contributed by atoms with van der Waals surface area (Å²) in [5, 5.41) is 20.6. The SMILES string of the molecule is Cc1c(C(=O)Nc2ccc(F)c(C(F)(F)F)c2)nnn1-c1cccc([N+](=O)[O-])c1. The van der Waals surface area contributed by atoms with Crippen molar-refractivity contribution in [2.45, 2.75) is 13.1 Å². The maximum Gasteiger partial charge on any atom is 0.419 e. The lowest BCUT2D eigenvalue weighted by Crippen LogP contribution is -2.16. The van der Waals surface area contributed by atoms with Gasteiger partial charge >= 0.3 is 6.18 Å². The van der Waals surface area contributed by atoms with Gasteiger partial charge in [-0.1, -0.05) is 11.3 Å². The standard InChI is InChI=1S/C17H11F4N5O3/c1-9-15(23-24-25(9)11-3-2-4-12(8-11)26(28)29)16(27)22-10-5-6-14(18)13(7-10)17(19,20)21/h2-8H,1H3,(H,22,27). The van der Waals surface area contributed by atoms with Crippen LogP contribution in [-0.2, 0) is 6.18 Å². The molecule has 3 rings (SSSR count). The zero-order valence-electron chi connectivity index (χ0n) is 14.6. The molecule has 0 fully saturated rings. The van der Waals surface area contributed by atoms with Crippen molar-refractivity contribution >= 4 is 17.3 Å². The highest BCUT2D eigenvalue weighted by molar-refractivity contribution is 6.03. The average Bonchev–Trinajstić information content (AvgIpc) is 3.04. The number of benzene rings is 2. The number of carbonyl (C=O) groups is 1. The molecule has 29 heavy (non-hydrogen) atoms. The molecule has 150 valence electrons. The zero-order chi connectivity index (χ0) is 21.3. The van der Waals surface area contributed by atoms with Crippen LogP contribution in [0.2, 0.25) is 0 Å². The number of aromatic nitrogens is 3. The Kier molecular flexibility index (Phi) is 5.01. The molecule has 0 aliphatic carbocycles. The molecule has 0 aliphatic rings. The second-order valence-electron chi connectivity index (χ2n) is 5.86. The number of nitrogens with zero attached hydrogens (tertiary/aromatic N) is 4. The second kappa shape index (κ2) is 7.30. The first-order chi connectivity index (χ1) is 13.6. The van der Waals surface area contributed by atoms with Gasteiger partial charge in [0.05, 0.1) is 21.9 Å². The van der Waals surface area contributed by atoms with Crippen molar-refractivity contribution in [3.05, 3.63) is 75.3 Å². The number of nitro benzene ring substituents is 1. The Hall–Kier alpha value is -3.83. The molecule has 12 heteroatoms. The van der Waals surface area contributed by atoms with Gasteiger partial charge in [0.2, 0.25) is 0 Å². The van der Waals surface area contributed by atoms with Crippen LogP contribution in [0.1, 0.15) is 21.7 Å². The zero-order valence-corrected chi connectivity index (χ0v) is 14.6. The van der Waals surface area contributed by atoms with E-state index in [4.69, 9.17) is 0 Å². The van der Waals surface area contributed by atoms with E-state index in [9.17, 15) is 32.5 Å². The fourth-order valence-electron chi connectivity index (χ4n) is 2.53. The van der Waals surface area contributed by atoms with Gasteiger partial charge in [0.1, 0.15) is 5.82 Å². The Labute approximate surface area is 159 Å². The predicted molar refractivity (Wildman–Crippen MR) is 92.1 cm³/mol. The van der Waals surface area contributed by atoms with Crippen molar-refractivity contribution in [3.63, 3.8) is 0 Å². The van der Waals surface area contributed by atoms with E-state index >= 15 is 0 Å². The van der Waals surface area contributed by atoms with Crippen molar-refractivity contribution in [1.29, 1.82) is 0 Å². The molecule has 0 spiro atoms. The minimum Gasteiger partial charge on any atom is -0.321 e. The number of halogens is 4. The van der Waals surface area contributed by atoms with E-state index in [1.54, 1.807) is 0 Å². The highest BCUT2D eigenvalue weighted by atomic mass is 19.4. The number of non-ortho nitro benzene ring substituents is 1. The Morgan fingerprint density at radius 2 is 1.93 bits per heavy atom. The number of hydrogen-bond acceptors (Lipinski definition) is 5. The van der Waals surface area contributed by atoms with Gasteiger partial charge in [0.15, 0.2) is 5.69 Å². The third kappa shape index (κ3) is 4.05. The molecular formula is C17H11F4N5O3.